The molecule has 5 heteroatoms. The molecule has 1 heterocycles. The molecule has 0 aliphatic carbocycles. The summed E-state index contributed by atoms with van der Waals surface area (Å²) >= 11 is 6.89. The third kappa shape index (κ3) is 2.91. The lowest BCUT2D eigenvalue weighted by atomic mass is 10.1. The van der Waals surface area contributed by atoms with Crippen LogP contribution in [-0.4, -0.2) is 10.1 Å². The maximum absolute atomic E-state index is 9.59. The Kier molecular flexibility index (Phi) is 4.12. The number of aliphatic hydroxyl groups excluding tert-OH is 1. The molecule has 0 saturated heterocycles. The van der Waals surface area contributed by atoms with E-state index < -0.39 is 6.10 Å². The molecule has 0 amide bonds. The van der Waals surface area contributed by atoms with Gasteiger partial charge in [-0.15, -0.1) is 11.3 Å². The van der Waals surface area contributed by atoms with Gasteiger partial charge in [0.1, 0.15) is 0 Å². The van der Waals surface area contributed by atoms with Crippen molar-refractivity contribution in [3.8, 4) is 0 Å². The second-order valence-electron chi connectivity index (χ2n) is 4.42. The van der Waals surface area contributed by atoms with Gasteiger partial charge in [-0.25, -0.2) is 4.98 Å². The first-order valence-electron chi connectivity index (χ1n) is 6.14. The summed E-state index contributed by atoms with van der Waals surface area (Å²) < 4.78 is 3.21. The van der Waals surface area contributed by atoms with Crippen molar-refractivity contribution < 1.29 is 5.11 Å². The average molecular weight is 366 g/mol. The van der Waals surface area contributed by atoms with Crippen LogP contribution in [0.15, 0.2) is 56.2 Å². The van der Waals surface area contributed by atoms with Crippen molar-refractivity contribution in [3.05, 3.63) is 52.5 Å². The molecule has 1 N–H and O–H groups in total. The number of halogens is 1. The van der Waals surface area contributed by atoms with Crippen LogP contribution in [0.3, 0.4) is 0 Å². The first kappa shape index (κ1) is 14.1. The largest absolute Gasteiger partial charge is 0.389 e. The molecule has 20 heavy (non-hydrogen) atoms. The third-order valence-electron chi connectivity index (χ3n) is 2.91. The summed E-state index contributed by atoms with van der Waals surface area (Å²) in [7, 11) is 0. The van der Waals surface area contributed by atoms with Gasteiger partial charge in [0.05, 0.1) is 16.3 Å². The van der Waals surface area contributed by atoms with E-state index in [9.17, 15) is 5.11 Å². The Balaban J connectivity index is 1.90. The van der Waals surface area contributed by atoms with Gasteiger partial charge in [-0.3, -0.25) is 0 Å². The van der Waals surface area contributed by atoms with Crippen LogP contribution in [0, 0.1) is 0 Å². The summed E-state index contributed by atoms with van der Waals surface area (Å²) in [6.45, 7) is 1.77. The van der Waals surface area contributed by atoms with Crippen molar-refractivity contribution in [2.24, 2.45) is 0 Å². The Morgan fingerprint density at radius 1 is 1.25 bits per heavy atom. The monoisotopic (exact) mass is 365 g/mol. The quantitative estimate of drug-likeness (QED) is 0.686. The van der Waals surface area contributed by atoms with E-state index in [1.54, 1.807) is 30.0 Å². The summed E-state index contributed by atoms with van der Waals surface area (Å²) in [5.41, 5.74) is 1.95. The van der Waals surface area contributed by atoms with E-state index in [1.165, 1.54) is 4.70 Å². The minimum atomic E-state index is -0.451. The van der Waals surface area contributed by atoms with Crippen molar-refractivity contribution >= 4 is 49.2 Å². The normalized spacial score (nSPS) is 12.8. The highest BCUT2D eigenvalue weighted by Crippen LogP contribution is 2.38. The van der Waals surface area contributed by atoms with Crippen molar-refractivity contribution in [3.63, 3.8) is 0 Å². The van der Waals surface area contributed by atoms with Crippen LogP contribution in [0.4, 0.5) is 0 Å². The number of fused-ring (bicyclic) bond motifs is 1. The van der Waals surface area contributed by atoms with Crippen LogP contribution in [0.1, 0.15) is 18.6 Å². The molecule has 3 aromatic rings. The van der Waals surface area contributed by atoms with Gasteiger partial charge in [0.2, 0.25) is 0 Å². The van der Waals surface area contributed by atoms with E-state index >= 15 is 0 Å². The summed E-state index contributed by atoms with van der Waals surface area (Å²) in [4.78, 5) is 5.72. The molecule has 0 bridgehead atoms. The fourth-order valence-corrected chi connectivity index (χ4v) is 4.51. The van der Waals surface area contributed by atoms with Crippen LogP contribution < -0.4 is 0 Å². The molecular weight excluding hydrogens is 354 g/mol. The summed E-state index contributed by atoms with van der Waals surface area (Å²) in [5.74, 6) is 0. The van der Waals surface area contributed by atoms with Gasteiger partial charge in [0.25, 0.3) is 0 Å². The zero-order valence-electron chi connectivity index (χ0n) is 10.7. The molecule has 0 spiro atoms. The summed E-state index contributed by atoms with van der Waals surface area (Å²) in [5, 5.41) is 9.59. The van der Waals surface area contributed by atoms with E-state index in [0.717, 1.165) is 24.8 Å². The lowest BCUT2D eigenvalue weighted by Gasteiger charge is -2.07. The number of thiazole rings is 1. The van der Waals surface area contributed by atoms with Crippen molar-refractivity contribution in [1.82, 2.24) is 4.98 Å². The Hall–Kier alpha value is -0.880. The molecular formula is C15H12BrNOS2. The number of benzene rings is 2. The molecule has 2 nitrogen and oxygen atoms in total. The lowest BCUT2D eigenvalue weighted by molar-refractivity contribution is 0.199. The molecule has 1 atom stereocenters. The number of aliphatic hydroxyl groups is 1. The van der Waals surface area contributed by atoms with Gasteiger partial charge < -0.3 is 5.11 Å². The van der Waals surface area contributed by atoms with Gasteiger partial charge in [-0.05, 0) is 52.7 Å². The minimum Gasteiger partial charge on any atom is -0.389 e. The van der Waals surface area contributed by atoms with Crippen LogP contribution in [0.5, 0.6) is 0 Å². The topological polar surface area (TPSA) is 33.1 Å². The van der Waals surface area contributed by atoms with Gasteiger partial charge in [-0.2, -0.15) is 0 Å². The molecule has 0 aliphatic rings. The Morgan fingerprint density at radius 3 is 2.75 bits per heavy atom. The highest BCUT2D eigenvalue weighted by atomic mass is 79.9. The molecule has 3 rings (SSSR count). The number of hydrogen-bond acceptors (Lipinski definition) is 4. The van der Waals surface area contributed by atoms with Gasteiger partial charge in [0, 0.05) is 9.37 Å². The summed E-state index contributed by atoms with van der Waals surface area (Å²) in [6.07, 6.45) is -0.451. The Bertz CT molecular complexity index is 721. The number of nitrogens with zero attached hydrogens (tertiary/aromatic N) is 1. The van der Waals surface area contributed by atoms with Gasteiger partial charge >= 0.3 is 0 Å². The second kappa shape index (κ2) is 5.85. The Morgan fingerprint density at radius 2 is 2.05 bits per heavy atom. The molecule has 1 aromatic heterocycles. The molecule has 0 aliphatic heterocycles. The molecule has 1 unspecified atom stereocenters. The van der Waals surface area contributed by atoms with Crippen molar-refractivity contribution in [2.45, 2.75) is 22.3 Å². The highest BCUT2D eigenvalue weighted by Gasteiger charge is 2.09. The van der Waals surface area contributed by atoms with Crippen LogP contribution in [-0.2, 0) is 0 Å². The number of rotatable bonds is 3. The van der Waals surface area contributed by atoms with E-state index in [-0.39, 0.29) is 0 Å². The zero-order chi connectivity index (χ0) is 14.1. The van der Waals surface area contributed by atoms with Crippen LogP contribution in [0.2, 0.25) is 0 Å². The van der Waals surface area contributed by atoms with Crippen LogP contribution in [0.25, 0.3) is 10.2 Å². The molecule has 0 fully saturated rings. The maximum Gasteiger partial charge on any atom is 0.155 e. The predicted octanol–water partition coefficient (Wildman–Crippen LogP) is 5.26. The van der Waals surface area contributed by atoms with E-state index in [0.29, 0.717) is 0 Å². The molecule has 0 saturated carbocycles. The number of para-hydroxylation sites is 1. The smallest absolute Gasteiger partial charge is 0.155 e. The molecule has 0 radical (unpaired) electrons. The lowest BCUT2D eigenvalue weighted by Crippen LogP contribution is -1.90. The maximum atomic E-state index is 9.59. The fraction of sp³-hybridized carbons (Fsp3) is 0.133. The van der Waals surface area contributed by atoms with Gasteiger partial charge in [-0.1, -0.05) is 30.0 Å². The van der Waals surface area contributed by atoms with Crippen molar-refractivity contribution in [2.75, 3.05) is 0 Å². The predicted molar refractivity (Wildman–Crippen MR) is 88.5 cm³/mol. The first-order chi connectivity index (χ1) is 9.63. The average Bonchev–Trinajstić information content (AvgIpc) is 2.83. The zero-order valence-corrected chi connectivity index (χ0v) is 13.9. The second-order valence-corrected chi connectivity index (χ2v) is 7.59. The number of aromatic nitrogens is 1. The third-order valence-corrected chi connectivity index (χ3v) is 6.00. The standard InChI is InChI=1S/C15H12BrNOS2/c1-9(18)10-6-7-13(11(16)8-10)19-15-17-12-4-2-3-5-14(12)20-15/h2-9,18H,1H3. The molecule has 102 valence electrons. The SMILES string of the molecule is CC(O)c1ccc(Sc2nc3ccccc3s2)c(Br)c1. The minimum absolute atomic E-state index is 0.451. The molecule has 2 aromatic carbocycles. The number of hydrogen-bond donors (Lipinski definition) is 1. The fourth-order valence-electron chi connectivity index (χ4n) is 1.85. The van der Waals surface area contributed by atoms with Crippen molar-refractivity contribution in [1.29, 1.82) is 0 Å². The Labute approximate surface area is 134 Å². The van der Waals surface area contributed by atoms with Gasteiger partial charge in [0.15, 0.2) is 4.34 Å². The van der Waals surface area contributed by atoms with Crippen LogP contribution >= 0.6 is 39.0 Å². The van der Waals surface area contributed by atoms with E-state index in [2.05, 4.69) is 27.0 Å². The van der Waals surface area contributed by atoms with E-state index in [4.69, 9.17) is 0 Å². The summed E-state index contributed by atoms with van der Waals surface area (Å²) in [6, 6.07) is 14.1. The first-order valence-corrected chi connectivity index (χ1v) is 8.57. The van der Waals surface area contributed by atoms with E-state index in [1.807, 2.05) is 36.4 Å². The highest BCUT2D eigenvalue weighted by molar-refractivity contribution is 9.10.